The molecule has 0 aromatic rings. The van der Waals surface area contributed by atoms with Crippen LogP contribution < -0.4 is 0 Å². The third kappa shape index (κ3) is 61.4. The van der Waals surface area contributed by atoms with Crippen LogP contribution in [0, 0.1) is 0 Å². The Kier molecular flexibility index (Phi) is 61.2. The zero-order valence-electron chi connectivity index (χ0n) is 50.3. The molecule has 0 saturated heterocycles. The Balaban J connectivity index is 4.04. The second-order valence-corrected chi connectivity index (χ2v) is 21.6. The van der Waals surface area contributed by atoms with Gasteiger partial charge in [-0.25, -0.2) is 0 Å². The highest BCUT2D eigenvalue weighted by Crippen LogP contribution is 2.17. The van der Waals surface area contributed by atoms with Crippen LogP contribution >= 0.6 is 0 Å². The summed E-state index contributed by atoms with van der Waals surface area (Å²) in [5.74, 6) is -0.877. The van der Waals surface area contributed by atoms with Crippen molar-refractivity contribution in [1.82, 2.24) is 0 Å². The van der Waals surface area contributed by atoms with Gasteiger partial charge in [0.25, 0.3) is 0 Å². The van der Waals surface area contributed by atoms with Gasteiger partial charge in [0.15, 0.2) is 6.10 Å². The molecule has 0 aromatic carbocycles. The number of allylic oxidation sites excluding steroid dienone is 14. The molecule has 0 aromatic heterocycles. The second kappa shape index (κ2) is 64.1. The molecule has 0 heterocycles. The average molecular weight is 1060 g/mol. The standard InChI is InChI=1S/C70H122O6/c1-4-7-10-13-16-18-20-22-24-26-28-30-31-32-33-34-35-36-37-38-39-41-42-44-46-48-50-52-54-57-60-63-69(72)75-66-67(65-74-68(71)62-59-56-15-12-9-6-3)76-70(73)64-61-58-55-53-51-49-47-45-43-40-29-27-25-23-21-19-17-14-11-8-5-2/h7,10,16,18,21-24,27-30,32-33,67H,4-6,8-9,11-15,17,19-20,25-26,31,34-66H2,1-3H3/b10-7-,18-16-,23-21-,24-22-,29-27-,30-28-,33-32-. The number of ether oxygens (including phenoxy) is 3. The van der Waals surface area contributed by atoms with Gasteiger partial charge >= 0.3 is 17.9 Å². The Bertz CT molecular complexity index is 1450. The van der Waals surface area contributed by atoms with Gasteiger partial charge in [0.1, 0.15) is 13.2 Å². The predicted molar refractivity (Wildman–Crippen MR) is 330 cm³/mol. The SMILES string of the molecule is CC/C=C\C/C=C\C/C=C\C/C=C\C/C=C\CCCCCCCCCCCCCCCCCC(=O)OCC(COC(=O)CCCCCCCC)OC(=O)CCCCCCCCCCC/C=C\C/C=C\CCCCCCC. The number of hydrogen-bond acceptors (Lipinski definition) is 6. The van der Waals surface area contributed by atoms with Crippen molar-refractivity contribution in [3.8, 4) is 0 Å². The van der Waals surface area contributed by atoms with Gasteiger partial charge in [0.2, 0.25) is 0 Å². The van der Waals surface area contributed by atoms with Crippen LogP contribution in [0.1, 0.15) is 323 Å². The summed E-state index contributed by atoms with van der Waals surface area (Å²) in [6.07, 6.45) is 84.9. The molecule has 0 amide bonds. The van der Waals surface area contributed by atoms with Crippen LogP contribution in [0.4, 0.5) is 0 Å². The Morgan fingerprint density at radius 1 is 0.276 bits per heavy atom. The first-order valence-electron chi connectivity index (χ1n) is 32.6. The molecule has 0 spiro atoms. The lowest BCUT2D eigenvalue weighted by Gasteiger charge is -2.18. The zero-order valence-corrected chi connectivity index (χ0v) is 50.3. The number of rotatable bonds is 59. The molecule has 0 radical (unpaired) electrons. The van der Waals surface area contributed by atoms with E-state index in [0.29, 0.717) is 19.3 Å². The fourth-order valence-corrected chi connectivity index (χ4v) is 9.27. The van der Waals surface area contributed by atoms with Crippen molar-refractivity contribution < 1.29 is 28.6 Å². The summed E-state index contributed by atoms with van der Waals surface area (Å²) in [7, 11) is 0. The first-order chi connectivity index (χ1) is 37.5. The number of carbonyl (C=O) groups excluding carboxylic acids is 3. The van der Waals surface area contributed by atoms with E-state index in [1.807, 2.05) is 0 Å². The Morgan fingerprint density at radius 2 is 0.513 bits per heavy atom. The third-order valence-corrected chi connectivity index (χ3v) is 14.1. The fourth-order valence-electron chi connectivity index (χ4n) is 9.27. The van der Waals surface area contributed by atoms with Crippen LogP contribution in [-0.2, 0) is 28.6 Å². The topological polar surface area (TPSA) is 78.9 Å². The molecule has 0 bridgehead atoms. The molecule has 6 heteroatoms. The summed E-state index contributed by atoms with van der Waals surface area (Å²) in [4.78, 5) is 38.0. The van der Waals surface area contributed by atoms with Crippen LogP contribution in [0.15, 0.2) is 85.1 Å². The molecule has 438 valence electrons. The summed E-state index contributed by atoms with van der Waals surface area (Å²) in [5.41, 5.74) is 0. The van der Waals surface area contributed by atoms with E-state index in [-0.39, 0.29) is 31.1 Å². The second-order valence-electron chi connectivity index (χ2n) is 21.6. The van der Waals surface area contributed by atoms with Gasteiger partial charge in [0.05, 0.1) is 0 Å². The lowest BCUT2D eigenvalue weighted by Crippen LogP contribution is -2.30. The summed E-state index contributed by atoms with van der Waals surface area (Å²) in [6.45, 7) is 6.48. The first kappa shape index (κ1) is 72.6. The molecule has 1 atom stereocenters. The minimum atomic E-state index is -0.775. The maximum atomic E-state index is 12.8. The van der Waals surface area contributed by atoms with Gasteiger partial charge in [-0.15, -0.1) is 0 Å². The average Bonchev–Trinajstić information content (AvgIpc) is 3.42. The van der Waals surface area contributed by atoms with Crippen molar-refractivity contribution in [2.24, 2.45) is 0 Å². The van der Waals surface area contributed by atoms with E-state index < -0.39 is 6.10 Å². The lowest BCUT2D eigenvalue weighted by atomic mass is 10.0. The van der Waals surface area contributed by atoms with Crippen LogP contribution in [0.2, 0.25) is 0 Å². The number of hydrogen-bond donors (Lipinski definition) is 0. The maximum absolute atomic E-state index is 12.8. The zero-order chi connectivity index (χ0) is 55.0. The normalized spacial score (nSPS) is 12.6. The number of esters is 3. The summed E-state index contributed by atoms with van der Waals surface area (Å²) < 4.78 is 16.8. The van der Waals surface area contributed by atoms with Crippen molar-refractivity contribution in [3.63, 3.8) is 0 Å². The van der Waals surface area contributed by atoms with E-state index in [0.717, 1.165) is 96.3 Å². The van der Waals surface area contributed by atoms with Crippen LogP contribution in [0.3, 0.4) is 0 Å². The highest BCUT2D eigenvalue weighted by molar-refractivity contribution is 5.71. The predicted octanol–water partition coefficient (Wildman–Crippen LogP) is 22.3. The van der Waals surface area contributed by atoms with Gasteiger partial charge in [0, 0.05) is 19.3 Å². The number of carbonyl (C=O) groups is 3. The van der Waals surface area contributed by atoms with Gasteiger partial charge < -0.3 is 14.2 Å². The molecule has 0 saturated carbocycles. The molecule has 76 heavy (non-hydrogen) atoms. The van der Waals surface area contributed by atoms with Crippen molar-refractivity contribution in [2.75, 3.05) is 13.2 Å². The highest BCUT2D eigenvalue weighted by Gasteiger charge is 2.19. The molecule has 0 aliphatic carbocycles. The van der Waals surface area contributed by atoms with E-state index in [4.69, 9.17) is 14.2 Å². The molecule has 0 rings (SSSR count). The smallest absolute Gasteiger partial charge is 0.306 e. The molecule has 0 aliphatic heterocycles. The van der Waals surface area contributed by atoms with Crippen molar-refractivity contribution in [3.05, 3.63) is 85.1 Å². The van der Waals surface area contributed by atoms with Crippen molar-refractivity contribution in [2.45, 2.75) is 329 Å². The van der Waals surface area contributed by atoms with E-state index in [1.165, 1.54) is 186 Å². The van der Waals surface area contributed by atoms with Crippen LogP contribution in [0.5, 0.6) is 0 Å². The van der Waals surface area contributed by atoms with E-state index in [9.17, 15) is 14.4 Å². The maximum Gasteiger partial charge on any atom is 0.306 e. The quantitative estimate of drug-likeness (QED) is 0.0261. The van der Waals surface area contributed by atoms with E-state index in [1.54, 1.807) is 0 Å². The molecule has 0 fully saturated rings. The largest absolute Gasteiger partial charge is 0.462 e. The number of unbranched alkanes of at least 4 members (excludes halogenated alkanes) is 34. The Labute approximate surface area is 471 Å². The van der Waals surface area contributed by atoms with Gasteiger partial charge in [-0.2, -0.15) is 0 Å². The first-order valence-corrected chi connectivity index (χ1v) is 32.6. The molecule has 0 N–H and O–H groups in total. The summed E-state index contributed by atoms with van der Waals surface area (Å²) in [5, 5.41) is 0. The third-order valence-electron chi connectivity index (χ3n) is 14.1. The van der Waals surface area contributed by atoms with Gasteiger partial charge in [-0.05, 0) is 96.3 Å². The molecule has 0 aliphatic rings. The van der Waals surface area contributed by atoms with Crippen molar-refractivity contribution >= 4 is 17.9 Å². The fraction of sp³-hybridized carbons (Fsp3) is 0.757. The van der Waals surface area contributed by atoms with E-state index >= 15 is 0 Å². The molecular formula is C70H122O6. The molecule has 1 unspecified atom stereocenters. The molecular weight excluding hydrogens is 937 g/mol. The van der Waals surface area contributed by atoms with Crippen molar-refractivity contribution in [1.29, 1.82) is 0 Å². The highest BCUT2D eigenvalue weighted by atomic mass is 16.6. The monoisotopic (exact) mass is 1060 g/mol. The summed E-state index contributed by atoms with van der Waals surface area (Å²) in [6, 6.07) is 0. The lowest BCUT2D eigenvalue weighted by molar-refractivity contribution is -0.167. The van der Waals surface area contributed by atoms with Gasteiger partial charge in [-0.1, -0.05) is 292 Å². The Hall–Kier alpha value is -3.41. The van der Waals surface area contributed by atoms with E-state index in [2.05, 4.69) is 106 Å². The minimum Gasteiger partial charge on any atom is -0.462 e. The van der Waals surface area contributed by atoms with Crippen LogP contribution in [0.25, 0.3) is 0 Å². The summed E-state index contributed by atoms with van der Waals surface area (Å²) >= 11 is 0. The van der Waals surface area contributed by atoms with Gasteiger partial charge in [-0.3, -0.25) is 14.4 Å². The minimum absolute atomic E-state index is 0.0752. The molecule has 6 nitrogen and oxygen atoms in total. The van der Waals surface area contributed by atoms with Crippen LogP contribution in [-0.4, -0.2) is 37.2 Å². The Morgan fingerprint density at radius 3 is 0.803 bits per heavy atom.